The number of aryl methyl sites for hydroxylation is 3. The summed E-state index contributed by atoms with van der Waals surface area (Å²) >= 11 is 0. The van der Waals surface area contributed by atoms with Crippen molar-refractivity contribution in [3.63, 3.8) is 0 Å². The minimum Gasteiger partial charge on any atom is -0.384 e. The van der Waals surface area contributed by atoms with Gasteiger partial charge in [0, 0.05) is 101 Å². The van der Waals surface area contributed by atoms with Gasteiger partial charge in [-0.3, -0.25) is 24.0 Å². The molecule has 0 saturated carbocycles. The van der Waals surface area contributed by atoms with Crippen LogP contribution >= 0.6 is 0 Å². The number of aromatic amines is 3. The Kier molecular flexibility index (Phi) is 13.3. The van der Waals surface area contributed by atoms with Gasteiger partial charge in [-0.2, -0.15) is 0 Å². The monoisotopic (exact) mass is 742 g/mol. The van der Waals surface area contributed by atoms with Crippen LogP contribution in [-0.2, 0) is 38.4 Å². The van der Waals surface area contributed by atoms with Gasteiger partial charge in [0.15, 0.2) is 6.29 Å². The third-order valence-electron chi connectivity index (χ3n) is 11.6. The minimum absolute atomic E-state index is 0.0360. The second-order valence-corrected chi connectivity index (χ2v) is 15.3. The van der Waals surface area contributed by atoms with Crippen LogP contribution in [0.5, 0.6) is 0 Å². The molecule has 0 unspecified atom stereocenters. The van der Waals surface area contributed by atoms with Crippen molar-refractivity contribution < 1.29 is 24.0 Å². The van der Waals surface area contributed by atoms with Crippen LogP contribution in [0.4, 0.5) is 17.1 Å². The maximum Gasteiger partial charge on any atom is 0.230 e. The van der Waals surface area contributed by atoms with Crippen molar-refractivity contribution >= 4 is 47.0 Å². The van der Waals surface area contributed by atoms with Crippen molar-refractivity contribution in [1.82, 2.24) is 24.8 Å². The normalized spacial score (nSPS) is 19.1. The largest absolute Gasteiger partial charge is 0.384 e. The third-order valence-corrected chi connectivity index (χ3v) is 11.6. The number of anilines is 3. The number of nitrogens with zero attached hydrogens (tertiary/aromatic N) is 4. The van der Waals surface area contributed by atoms with Gasteiger partial charge in [0.1, 0.15) is 0 Å². The molecule has 13 nitrogen and oxygen atoms in total. The van der Waals surface area contributed by atoms with Gasteiger partial charge in [0.25, 0.3) is 0 Å². The van der Waals surface area contributed by atoms with Gasteiger partial charge < -0.3 is 39.9 Å². The fraction of sp³-hybridized carbons (Fsp3) is 0.585. The molecule has 54 heavy (non-hydrogen) atoms. The third kappa shape index (κ3) is 9.46. The molecule has 3 aromatic rings. The van der Waals surface area contributed by atoms with E-state index in [9.17, 15) is 24.0 Å². The average Bonchev–Trinajstić information content (AvgIpc) is 3.84. The molecular formula is C41H58N8O5. The molecule has 4 amide bonds. The number of amides is 4. The molecule has 0 atom stereocenters. The molecule has 0 spiro atoms. The number of aldehydes is 1. The van der Waals surface area contributed by atoms with Gasteiger partial charge in [-0.1, -0.05) is 0 Å². The van der Waals surface area contributed by atoms with Crippen LogP contribution in [0.25, 0.3) is 0 Å². The Morgan fingerprint density at radius 3 is 1.74 bits per heavy atom. The van der Waals surface area contributed by atoms with E-state index in [-0.39, 0.29) is 35.5 Å². The van der Waals surface area contributed by atoms with Crippen LogP contribution < -0.4 is 15.1 Å². The number of fused-ring (bicyclic) bond motifs is 3. The highest BCUT2D eigenvalue weighted by atomic mass is 16.2. The Balaban J connectivity index is 0.000000148. The molecule has 8 rings (SSSR count). The van der Waals surface area contributed by atoms with Gasteiger partial charge in [-0.15, -0.1) is 0 Å². The zero-order chi connectivity index (χ0) is 38.0. The second-order valence-electron chi connectivity index (χ2n) is 15.3. The second kappa shape index (κ2) is 18.5. The van der Waals surface area contributed by atoms with E-state index < -0.39 is 0 Å². The molecule has 0 bridgehead atoms. The van der Waals surface area contributed by atoms with E-state index in [4.69, 9.17) is 0 Å². The van der Waals surface area contributed by atoms with E-state index in [0.717, 1.165) is 101 Å². The summed E-state index contributed by atoms with van der Waals surface area (Å²) in [5, 5.41) is 3.37. The lowest BCUT2D eigenvalue weighted by atomic mass is 9.95. The molecule has 5 aliphatic heterocycles. The number of nitrogens with one attached hydrogen (secondary N) is 4. The van der Waals surface area contributed by atoms with Gasteiger partial charge in [-0.25, -0.2) is 0 Å². The number of likely N-dealkylation sites (tertiary alicyclic amines) is 2. The summed E-state index contributed by atoms with van der Waals surface area (Å²) in [5.41, 5.74) is 7.30. The Morgan fingerprint density at radius 1 is 0.630 bits per heavy atom. The lowest BCUT2D eigenvalue weighted by Crippen LogP contribution is -2.44. The lowest BCUT2D eigenvalue weighted by Gasteiger charge is -2.33. The zero-order valence-corrected chi connectivity index (χ0v) is 32.1. The highest BCUT2D eigenvalue weighted by molar-refractivity contribution is 5.97. The molecule has 8 heterocycles. The van der Waals surface area contributed by atoms with Crippen LogP contribution in [0.15, 0.2) is 30.6 Å². The van der Waals surface area contributed by atoms with E-state index in [0.29, 0.717) is 38.4 Å². The van der Waals surface area contributed by atoms with Gasteiger partial charge >= 0.3 is 0 Å². The fourth-order valence-electron chi connectivity index (χ4n) is 8.44. The Bertz CT molecular complexity index is 1720. The number of hydrogen-bond acceptors (Lipinski definition) is 6. The standard InChI is InChI=1S/C17H23N3O3.C16H23N3O2.C8H12N2/c1-12(22)19-8-5-13(6-9-19)17(23)20-7-3-2-4-15-16(20)10-14(11-21)18-15;1-12(20)18-10-6-13(7-11-18)16(21)19-9-3-2-4-14-15(19)5-8-17-14;1-2-5-9-8-4-6-10-7(8)3-1/h10-11,13,18H,2-9H2,1H3;5,8,13,17H,2-4,6-7,9-11H2,1H3;4,6,9-10H,1-3,5H2. The van der Waals surface area contributed by atoms with Crippen molar-refractivity contribution in [3.8, 4) is 0 Å². The predicted octanol–water partition coefficient (Wildman–Crippen LogP) is 5.46. The Morgan fingerprint density at radius 2 is 1.15 bits per heavy atom. The van der Waals surface area contributed by atoms with Crippen molar-refractivity contribution in [2.75, 3.05) is 60.9 Å². The number of piperidine rings is 2. The molecule has 3 aromatic heterocycles. The Labute approximate surface area is 318 Å². The van der Waals surface area contributed by atoms with Crippen LogP contribution in [0.3, 0.4) is 0 Å². The summed E-state index contributed by atoms with van der Waals surface area (Å²) in [7, 11) is 0. The average molecular weight is 743 g/mol. The molecule has 0 aromatic carbocycles. The van der Waals surface area contributed by atoms with E-state index in [2.05, 4.69) is 26.3 Å². The number of rotatable bonds is 3. The molecule has 5 aliphatic rings. The van der Waals surface area contributed by atoms with Crippen LogP contribution in [0.2, 0.25) is 0 Å². The predicted molar refractivity (Wildman–Crippen MR) is 210 cm³/mol. The molecule has 2 fully saturated rings. The Hall–Kier alpha value is -4.81. The topological polar surface area (TPSA) is 158 Å². The SMILES string of the molecule is CC(=O)N1CCC(C(=O)N2CCCCc3[nH]c(C=O)cc32)CC1.CC(=O)N1CCC(C(=O)N2CCCCc3[nH]ccc32)CC1.c1cc2c([nH]1)CCCCN2. The van der Waals surface area contributed by atoms with E-state index in [1.54, 1.807) is 24.8 Å². The summed E-state index contributed by atoms with van der Waals surface area (Å²) in [6.07, 6.45) is 17.6. The van der Waals surface area contributed by atoms with Crippen molar-refractivity contribution in [1.29, 1.82) is 0 Å². The van der Waals surface area contributed by atoms with Crippen LogP contribution in [0.1, 0.15) is 106 Å². The maximum absolute atomic E-state index is 13.0. The molecule has 0 radical (unpaired) electrons. The van der Waals surface area contributed by atoms with Gasteiger partial charge in [0.05, 0.1) is 22.8 Å². The highest BCUT2D eigenvalue weighted by Gasteiger charge is 2.33. The quantitative estimate of drug-likeness (QED) is 0.261. The smallest absolute Gasteiger partial charge is 0.230 e. The fourth-order valence-corrected chi connectivity index (χ4v) is 8.44. The molecule has 0 aliphatic carbocycles. The van der Waals surface area contributed by atoms with E-state index in [1.807, 2.05) is 33.2 Å². The molecule has 4 N–H and O–H groups in total. The zero-order valence-electron chi connectivity index (χ0n) is 32.1. The molecule has 2 saturated heterocycles. The first kappa shape index (κ1) is 38.9. The van der Waals surface area contributed by atoms with E-state index >= 15 is 0 Å². The van der Waals surface area contributed by atoms with Crippen LogP contribution in [-0.4, -0.2) is 100 Å². The van der Waals surface area contributed by atoms with Gasteiger partial charge in [-0.05, 0) is 102 Å². The van der Waals surface area contributed by atoms with Gasteiger partial charge in [0.2, 0.25) is 23.6 Å². The molecular weight excluding hydrogens is 685 g/mol. The van der Waals surface area contributed by atoms with Crippen molar-refractivity contribution in [3.05, 3.63) is 53.4 Å². The summed E-state index contributed by atoms with van der Waals surface area (Å²) in [6.45, 7) is 8.54. The summed E-state index contributed by atoms with van der Waals surface area (Å²) < 4.78 is 0. The van der Waals surface area contributed by atoms with Crippen molar-refractivity contribution in [2.45, 2.75) is 97.3 Å². The first-order valence-corrected chi connectivity index (χ1v) is 20.1. The lowest BCUT2D eigenvalue weighted by molar-refractivity contribution is -0.133. The summed E-state index contributed by atoms with van der Waals surface area (Å²) in [5.74, 6) is 0.583. The number of carbonyl (C=O) groups excluding carboxylic acids is 5. The number of carbonyl (C=O) groups is 5. The first-order valence-electron chi connectivity index (χ1n) is 20.1. The highest BCUT2D eigenvalue weighted by Crippen LogP contribution is 2.31. The number of H-pyrrole nitrogens is 3. The minimum atomic E-state index is -0.0360. The molecule has 13 heteroatoms. The van der Waals surface area contributed by atoms with E-state index in [1.165, 1.54) is 36.3 Å². The summed E-state index contributed by atoms with van der Waals surface area (Å²) in [4.78, 5) is 76.7. The number of aromatic nitrogens is 3. The number of hydrogen-bond donors (Lipinski definition) is 4. The summed E-state index contributed by atoms with van der Waals surface area (Å²) in [6, 6.07) is 5.92. The van der Waals surface area contributed by atoms with Crippen LogP contribution in [0, 0.1) is 11.8 Å². The molecule has 292 valence electrons. The maximum atomic E-state index is 13.0. The first-order chi connectivity index (χ1) is 26.2. The van der Waals surface area contributed by atoms with Crippen molar-refractivity contribution in [2.24, 2.45) is 11.8 Å².